The fraction of sp³-hybridized carbons (Fsp3) is 0.400. The third-order valence-electron chi connectivity index (χ3n) is 4.88. The van der Waals surface area contributed by atoms with Crippen molar-refractivity contribution in [3.8, 4) is 16.9 Å². The zero-order valence-corrected chi connectivity index (χ0v) is 14.6. The van der Waals surface area contributed by atoms with Crippen LogP contribution in [0.5, 0.6) is 5.75 Å². The minimum Gasteiger partial charge on any atom is -0.507 e. The second-order valence-electron chi connectivity index (χ2n) is 6.34. The molecule has 1 atom stereocenters. The summed E-state index contributed by atoms with van der Waals surface area (Å²) in [5.74, 6) is 0.365. The topological polar surface area (TPSA) is 23.5 Å². The van der Waals surface area contributed by atoms with Crippen LogP contribution in [0.3, 0.4) is 0 Å². The number of para-hydroxylation sites is 1. The average molecular weight is 332 g/mol. The molecule has 0 aliphatic carbocycles. The number of benzene rings is 2. The molecule has 2 nitrogen and oxygen atoms in total. The first kappa shape index (κ1) is 17.8. The fourth-order valence-corrected chi connectivity index (χ4v) is 3.53. The molecule has 3 rings (SSSR count). The molecule has 1 fully saturated rings. The quantitative estimate of drug-likeness (QED) is 0.861. The largest absolute Gasteiger partial charge is 0.507 e. The average Bonchev–Trinajstić information content (AvgIpc) is 2.55. The molecule has 1 saturated heterocycles. The maximum absolute atomic E-state index is 10.1. The van der Waals surface area contributed by atoms with Crippen LogP contribution in [0.1, 0.15) is 31.2 Å². The summed E-state index contributed by atoms with van der Waals surface area (Å²) in [7, 11) is 2.25. The molecular weight excluding hydrogens is 306 g/mol. The Balaban J connectivity index is 0.00000192. The van der Waals surface area contributed by atoms with Crippen LogP contribution < -0.4 is 0 Å². The predicted octanol–water partition coefficient (Wildman–Crippen LogP) is 4.90. The van der Waals surface area contributed by atoms with E-state index in [0.717, 1.165) is 12.0 Å². The van der Waals surface area contributed by atoms with Crippen molar-refractivity contribution in [3.05, 3.63) is 54.1 Å². The van der Waals surface area contributed by atoms with Crippen LogP contribution in [0.15, 0.2) is 48.5 Å². The van der Waals surface area contributed by atoms with Gasteiger partial charge in [0.2, 0.25) is 0 Å². The molecule has 0 saturated carbocycles. The van der Waals surface area contributed by atoms with Crippen molar-refractivity contribution in [1.82, 2.24) is 4.90 Å². The molecule has 2 aromatic carbocycles. The first-order chi connectivity index (χ1) is 10.8. The zero-order valence-electron chi connectivity index (χ0n) is 13.7. The summed E-state index contributed by atoms with van der Waals surface area (Å²) >= 11 is 0. The highest BCUT2D eigenvalue weighted by Crippen LogP contribution is 2.32. The summed E-state index contributed by atoms with van der Waals surface area (Å²) in [6, 6.07) is 16.8. The van der Waals surface area contributed by atoms with Crippen molar-refractivity contribution in [3.63, 3.8) is 0 Å². The zero-order chi connectivity index (χ0) is 15.4. The van der Waals surface area contributed by atoms with Crippen molar-refractivity contribution in [2.45, 2.75) is 38.1 Å². The lowest BCUT2D eigenvalue weighted by Gasteiger charge is -2.32. The number of hydrogen-bond acceptors (Lipinski definition) is 2. The molecule has 1 aliphatic heterocycles. The molecule has 0 radical (unpaired) electrons. The third-order valence-corrected chi connectivity index (χ3v) is 4.88. The number of rotatable bonds is 4. The number of nitrogens with zero attached hydrogens (tertiary/aromatic N) is 1. The first-order valence-corrected chi connectivity index (χ1v) is 8.32. The number of aromatic hydroxyl groups is 1. The maximum Gasteiger partial charge on any atom is 0.123 e. The fourth-order valence-electron chi connectivity index (χ4n) is 3.53. The third kappa shape index (κ3) is 4.27. The molecule has 1 N–H and O–H groups in total. The summed E-state index contributed by atoms with van der Waals surface area (Å²) in [6.07, 6.45) is 6.27. The lowest BCUT2D eigenvalue weighted by atomic mass is 9.92. The van der Waals surface area contributed by atoms with Crippen molar-refractivity contribution < 1.29 is 5.11 Å². The number of aryl methyl sites for hydroxylation is 1. The van der Waals surface area contributed by atoms with Crippen molar-refractivity contribution in [1.29, 1.82) is 0 Å². The van der Waals surface area contributed by atoms with E-state index >= 15 is 0 Å². The van der Waals surface area contributed by atoms with E-state index in [1.165, 1.54) is 43.4 Å². The lowest BCUT2D eigenvalue weighted by molar-refractivity contribution is 0.176. The Morgan fingerprint density at radius 2 is 1.70 bits per heavy atom. The Labute approximate surface area is 145 Å². The standard InChI is InChI=1S/C20H25NO.ClH/c1-21-15-7-6-9-17(21)14-13-16-8-2-3-10-18(16)19-11-4-5-12-20(19)22;/h2-5,8,10-12,17,22H,6-7,9,13-15H2,1H3;1H. The SMILES string of the molecule is CN1CCCCC1CCc1ccccc1-c1ccccc1O.Cl. The van der Waals surface area contributed by atoms with Crippen LogP contribution in [0.2, 0.25) is 0 Å². The summed E-state index contributed by atoms with van der Waals surface area (Å²) < 4.78 is 0. The van der Waals surface area contributed by atoms with E-state index in [1.807, 2.05) is 18.2 Å². The number of phenolic OH excluding ortho intramolecular Hbond substituents is 1. The molecular formula is C20H26ClNO. The van der Waals surface area contributed by atoms with Gasteiger partial charge in [0.05, 0.1) is 0 Å². The van der Waals surface area contributed by atoms with Gasteiger partial charge in [0, 0.05) is 11.6 Å². The minimum atomic E-state index is 0. The van der Waals surface area contributed by atoms with E-state index in [-0.39, 0.29) is 12.4 Å². The lowest BCUT2D eigenvalue weighted by Crippen LogP contribution is -2.36. The van der Waals surface area contributed by atoms with Gasteiger partial charge in [-0.3, -0.25) is 0 Å². The van der Waals surface area contributed by atoms with Crippen LogP contribution in [-0.2, 0) is 6.42 Å². The van der Waals surface area contributed by atoms with E-state index < -0.39 is 0 Å². The van der Waals surface area contributed by atoms with Gasteiger partial charge in [-0.1, -0.05) is 48.9 Å². The Morgan fingerprint density at radius 1 is 1.00 bits per heavy atom. The van der Waals surface area contributed by atoms with Gasteiger partial charge in [-0.05, 0) is 56.5 Å². The second kappa shape index (κ2) is 8.37. The molecule has 23 heavy (non-hydrogen) atoms. The molecule has 1 aliphatic rings. The van der Waals surface area contributed by atoms with Crippen LogP contribution >= 0.6 is 12.4 Å². The van der Waals surface area contributed by atoms with Crippen LogP contribution in [0.4, 0.5) is 0 Å². The molecule has 0 amide bonds. The van der Waals surface area contributed by atoms with Gasteiger partial charge in [0.1, 0.15) is 5.75 Å². The second-order valence-corrected chi connectivity index (χ2v) is 6.34. The first-order valence-electron chi connectivity index (χ1n) is 8.32. The van der Waals surface area contributed by atoms with E-state index in [0.29, 0.717) is 11.8 Å². The van der Waals surface area contributed by atoms with Crippen LogP contribution in [0, 0.1) is 0 Å². The predicted molar refractivity (Wildman–Crippen MR) is 99.4 cm³/mol. The van der Waals surface area contributed by atoms with E-state index in [1.54, 1.807) is 6.07 Å². The van der Waals surface area contributed by atoms with Gasteiger partial charge in [-0.25, -0.2) is 0 Å². The van der Waals surface area contributed by atoms with Gasteiger partial charge in [0.15, 0.2) is 0 Å². The highest BCUT2D eigenvalue weighted by atomic mass is 35.5. The molecule has 1 unspecified atom stereocenters. The minimum absolute atomic E-state index is 0. The van der Waals surface area contributed by atoms with Gasteiger partial charge < -0.3 is 10.0 Å². The van der Waals surface area contributed by atoms with Gasteiger partial charge in [0.25, 0.3) is 0 Å². The summed E-state index contributed by atoms with van der Waals surface area (Å²) in [4.78, 5) is 2.51. The van der Waals surface area contributed by atoms with E-state index in [9.17, 15) is 5.11 Å². The normalized spacial score (nSPS) is 18.4. The Hall–Kier alpha value is -1.51. The number of phenols is 1. The monoisotopic (exact) mass is 331 g/mol. The molecule has 124 valence electrons. The molecule has 0 bridgehead atoms. The van der Waals surface area contributed by atoms with Crippen molar-refractivity contribution >= 4 is 12.4 Å². The van der Waals surface area contributed by atoms with Crippen LogP contribution in [-0.4, -0.2) is 29.6 Å². The van der Waals surface area contributed by atoms with Crippen LogP contribution in [0.25, 0.3) is 11.1 Å². The maximum atomic E-state index is 10.1. The van der Waals surface area contributed by atoms with Crippen molar-refractivity contribution in [2.24, 2.45) is 0 Å². The number of piperidine rings is 1. The Bertz CT molecular complexity index is 629. The van der Waals surface area contributed by atoms with Gasteiger partial charge in [-0.2, -0.15) is 0 Å². The number of hydrogen-bond donors (Lipinski definition) is 1. The number of halogens is 1. The smallest absolute Gasteiger partial charge is 0.123 e. The van der Waals surface area contributed by atoms with Gasteiger partial charge in [-0.15, -0.1) is 12.4 Å². The molecule has 3 heteroatoms. The molecule has 0 spiro atoms. The summed E-state index contributed by atoms with van der Waals surface area (Å²) in [6.45, 7) is 1.23. The van der Waals surface area contributed by atoms with Crippen molar-refractivity contribution in [2.75, 3.05) is 13.6 Å². The Kier molecular flexibility index (Phi) is 6.49. The Morgan fingerprint density at radius 3 is 2.43 bits per heavy atom. The highest BCUT2D eigenvalue weighted by Gasteiger charge is 2.19. The van der Waals surface area contributed by atoms with E-state index in [4.69, 9.17) is 0 Å². The molecule has 2 aromatic rings. The molecule has 0 aromatic heterocycles. The highest BCUT2D eigenvalue weighted by molar-refractivity contribution is 5.85. The van der Waals surface area contributed by atoms with Gasteiger partial charge >= 0.3 is 0 Å². The van der Waals surface area contributed by atoms with E-state index in [2.05, 4.69) is 36.2 Å². The summed E-state index contributed by atoms with van der Waals surface area (Å²) in [5, 5.41) is 10.1. The number of likely N-dealkylation sites (tertiary alicyclic amines) is 1. The summed E-state index contributed by atoms with van der Waals surface area (Å²) in [5.41, 5.74) is 3.44. The molecule has 1 heterocycles.